The van der Waals surface area contributed by atoms with E-state index >= 15 is 0 Å². The molecule has 1 amide bonds. The number of hydrogen-bond donors (Lipinski definition) is 0. The van der Waals surface area contributed by atoms with Crippen LogP contribution >= 0.6 is 33.9 Å². The predicted octanol–water partition coefficient (Wildman–Crippen LogP) is 4.63. The van der Waals surface area contributed by atoms with E-state index in [2.05, 4.69) is 34.2 Å². The lowest BCUT2D eigenvalue weighted by Crippen LogP contribution is -2.17. The molecule has 0 aliphatic heterocycles. The van der Waals surface area contributed by atoms with Crippen LogP contribution in [-0.2, 0) is 6.54 Å². The summed E-state index contributed by atoms with van der Waals surface area (Å²) >= 11 is 3.63. The lowest BCUT2D eigenvalue weighted by Gasteiger charge is -2.08. The second-order valence-electron chi connectivity index (χ2n) is 5.22. The Morgan fingerprint density at radius 2 is 2.12 bits per heavy atom. The molecule has 4 nitrogen and oxygen atoms in total. The van der Waals surface area contributed by atoms with E-state index in [0.717, 1.165) is 19.5 Å². The Morgan fingerprint density at radius 1 is 1.32 bits per heavy atom. The van der Waals surface area contributed by atoms with E-state index in [1.807, 2.05) is 47.9 Å². The number of rotatable bonds is 5. The van der Waals surface area contributed by atoms with Gasteiger partial charge in [0.05, 0.1) is 16.9 Å². The van der Waals surface area contributed by atoms with Gasteiger partial charge in [-0.05, 0) is 53.8 Å². The second kappa shape index (κ2) is 7.97. The Balaban J connectivity index is 2.20. The van der Waals surface area contributed by atoms with E-state index in [0.29, 0.717) is 23.5 Å². The van der Waals surface area contributed by atoms with Crippen LogP contribution in [0.4, 0.5) is 0 Å². The average Bonchev–Trinajstić information content (AvgIpc) is 2.94. The third-order valence-electron chi connectivity index (χ3n) is 3.58. The van der Waals surface area contributed by atoms with Gasteiger partial charge in [0, 0.05) is 10.1 Å². The van der Waals surface area contributed by atoms with Crippen LogP contribution in [-0.4, -0.2) is 17.1 Å². The van der Waals surface area contributed by atoms with Crippen molar-refractivity contribution in [2.45, 2.75) is 13.5 Å². The number of carbonyl (C=O) groups is 1. The lowest BCUT2D eigenvalue weighted by molar-refractivity contribution is 0.0997. The highest BCUT2D eigenvalue weighted by atomic mass is 127. The van der Waals surface area contributed by atoms with Gasteiger partial charge >= 0.3 is 0 Å². The van der Waals surface area contributed by atoms with Crippen molar-refractivity contribution >= 4 is 50.1 Å². The van der Waals surface area contributed by atoms with E-state index in [1.165, 1.54) is 11.3 Å². The number of aromatic nitrogens is 1. The molecule has 2 aromatic carbocycles. The molecule has 0 bridgehead atoms. The number of thiazole rings is 1. The average molecular weight is 464 g/mol. The highest BCUT2D eigenvalue weighted by Crippen LogP contribution is 2.27. The van der Waals surface area contributed by atoms with E-state index in [4.69, 9.17) is 4.74 Å². The summed E-state index contributed by atoms with van der Waals surface area (Å²) in [5.74, 6) is 0.550. The minimum absolute atomic E-state index is 0.243. The van der Waals surface area contributed by atoms with Crippen molar-refractivity contribution in [2.24, 2.45) is 4.99 Å². The van der Waals surface area contributed by atoms with Gasteiger partial charge in [-0.2, -0.15) is 4.99 Å². The summed E-state index contributed by atoms with van der Waals surface area (Å²) in [6.45, 7) is 6.92. The van der Waals surface area contributed by atoms with E-state index < -0.39 is 0 Å². The minimum atomic E-state index is -0.243. The zero-order valence-electron chi connectivity index (χ0n) is 13.7. The van der Waals surface area contributed by atoms with Crippen LogP contribution in [0.1, 0.15) is 17.3 Å². The van der Waals surface area contributed by atoms with Crippen LogP contribution in [0.25, 0.3) is 10.2 Å². The Hall–Kier alpha value is -1.93. The molecule has 3 rings (SSSR count). The summed E-state index contributed by atoms with van der Waals surface area (Å²) in [5.41, 5.74) is 1.55. The van der Waals surface area contributed by atoms with Gasteiger partial charge in [0.1, 0.15) is 11.3 Å². The van der Waals surface area contributed by atoms with Gasteiger partial charge in [0.15, 0.2) is 4.80 Å². The first-order chi connectivity index (χ1) is 12.2. The van der Waals surface area contributed by atoms with E-state index in [1.54, 1.807) is 12.1 Å². The van der Waals surface area contributed by atoms with Crippen LogP contribution < -0.4 is 9.54 Å². The summed E-state index contributed by atoms with van der Waals surface area (Å²) in [6, 6.07) is 13.4. The number of allylic oxidation sites excluding steroid dienone is 1. The highest BCUT2D eigenvalue weighted by Gasteiger charge is 2.13. The molecule has 6 heteroatoms. The molecule has 0 saturated carbocycles. The second-order valence-corrected chi connectivity index (χ2v) is 7.39. The summed E-state index contributed by atoms with van der Waals surface area (Å²) in [6.07, 6.45) is 1.80. The number of amides is 1. The normalized spacial score (nSPS) is 11.7. The molecule has 0 atom stereocenters. The predicted molar refractivity (Wildman–Crippen MR) is 110 cm³/mol. The monoisotopic (exact) mass is 464 g/mol. The van der Waals surface area contributed by atoms with Gasteiger partial charge in [-0.1, -0.05) is 35.6 Å². The van der Waals surface area contributed by atoms with E-state index in [-0.39, 0.29) is 5.91 Å². The quantitative estimate of drug-likeness (QED) is 0.408. The number of ether oxygens (including phenoxy) is 1. The molecule has 128 valence electrons. The molecule has 0 N–H and O–H groups in total. The standard InChI is InChI=1S/C19H17IN2O2S/c1-3-12-22-17-15(24-4-2)10-7-11-16(17)25-19(22)21-18(23)13-8-5-6-9-14(13)20/h3,5-11H,1,4,12H2,2H3. The molecule has 3 aromatic rings. The number of fused-ring (bicyclic) bond motifs is 1. The van der Waals surface area contributed by atoms with Crippen LogP contribution in [0.3, 0.4) is 0 Å². The number of benzene rings is 2. The van der Waals surface area contributed by atoms with Crippen LogP contribution in [0.5, 0.6) is 5.75 Å². The summed E-state index contributed by atoms with van der Waals surface area (Å²) < 4.78 is 9.65. The van der Waals surface area contributed by atoms with Gasteiger partial charge in [0.25, 0.3) is 5.91 Å². The molecule has 0 spiro atoms. The number of carbonyl (C=O) groups excluding carboxylic acids is 1. The van der Waals surface area contributed by atoms with Crippen LogP contribution in [0.15, 0.2) is 60.1 Å². The number of hydrogen-bond acceptors (Lipinski definition) is 3. The van der Waals surface area contributed by atoms with Crippen molar-refractivity contribution in [2.75, 3.05) is 6.61 Å². The van der Waals surface area contributed by atoms with Crippen molar-refractivity contribution in [1.29, 1.82) is 0 Å². The minimum Gasteiger partial charge on any atom is -0.492 e. The van der Waals surface area contributed by atoms with Crippen molar-refractivity contribution in [3.05, 3.63) is 69.1 Å². The molecule has 0 unspecified atom stereocenters. The van der Waals surface area contributed by atoms with Crippen LogP contribution in [0, 0.1) is 3.57 Å². The summed E-state index contributed by atoms with van der Waals surface area (Å²) in [5, 5.41) is 0. The Morgan fingerprint density at radius 3 is 2.84 bits per heavy atom. The smallest absolute Gasteiger partial charge is 0.280 e. The van der Waals surface area contributed by atoms with Gasteiger partial charge in [-0.3, -0.25) is 4.79 Å². The first kappa shape index (κ1) is 17.9. The van der Waals surface area contributed by atoms with Gasteiger partial charge in [0.2, 0.25) is 0 Å². The third kappa shape index (κ3) is 3.69. The topological polar surface area (TPSA) is 43.6 Å². The molecule has 1 heterocycles. The van der Waals surface area contributed by atoms with Gasteiger partial charge < -0.3 is 9.30 Å². The lowest BCUT2D eigenvalue weighted by atomic mass is 10.2. The molecular weight excluding hydrogens is 447 g/mol. The molecule has 1 aromatic heterocycles. The number of halogens is 1. The molecule has 0 aliphatic carbocycles. The molecule has 0 saturated heterocycles. The molecular formula is C19H17IN2O2S. The molecule has 0 fully saturated rings. The summed E-state index contributed by atoms with van der Waals surface area (Å²) in [4.78, 5) is 17.7. The highest BCUT2D eigenvalue weighted by molar-refractivity contribution is 14.1. The van der Waals surface area contributed by atoms with Crippen molar-refractivity contribution < 1.29 is 9.53 Å². The Bertz CT molecular complexity index is 1000. The van der Waals surface area contributed by atoms with Crippen molar-refractivity contribution in [1.82, 2.24) is 4.57 Å². The van der Waals surface area contributed by atoms with Gasteiger partial charge in [-0.15, -0.1) is 6.58 Å². The van der Waals surface area contributed by atoms with Crippen molar-refractivity contribution in [3.8, 4) is 5.75 Å². The third-order valence-corrected chi connectivity index (χ3v) is 5.56. The molecule has 25 heavy (non-hydrogen) atoms. The first-order valence-corrected chi connectivity index (χ1v) is 9.75. The van der Waals surface area contributed by atoms with Crippen LogP contribution in [0.2, 0.25) is 0 Å². The maximum Gasteiger partial charge on any atom is 0.280 e. The van der Waals surface area contributed by atoms with E-state index in [9.17, 15) is 4.79 Å². The first-order valence-electron chi connectivity index (χ1n) is 7.85. The zero-order chi connectivity index (χ0) is 17.8. The van der Waals surface area contributed by atoms with Crippen molar-refractivity contribution in [3.63, 3.8) is 0 Å². The largest absolute Gasteiger partial charge is 0.492 e. The Labute approximate surface area is 163 Å². The SMILES string of the molecule is C=CCn1c(=NC(=O)c2ccccc2I)sc2cccc(OCC)c21. The zero-order valence-corrected chi connectivity index (χ0v) is 16.7. The maximum absolute atomic E-state index is 12.6. The number of nitrogens with zero attached hydrogens (tertiary/aromatic N) is 2. The summed E-state index contributed by atoms with van der Waals surface area (Å²) in [7, 11) is 0. The maximum atomic E-state index is 12.6. The fourth-order valence-corrected chi connectivity index (χ4v) is 4.21. The molecule has 0 aliphatic rings. The Kier molecular flexibility index (Phi) is 5.70. The molecule has 0 radical (unpaired) electrons. The number of para-hydroxylation sites is 1. The van der Waals surface area contributed by atoms with Gasteiger partial charge in [-0.25, -0.2) is 0 Å². The fourth-order valence-electron chi connectivity index (χ4n) is 2.54. The fraction of sp³-hybridized carbons (Fsp3) is 0.158.